The zero-order valence-corrected chi connectivity index (χ0v) is 15.3. The van der Waals surface area contributed by atoms with Gasteiger partial charge >= 0.3 is 12.2 Å². The van der Waals surface area contributed by atoms with E-state index in [-0.39, 0.29) is 37.3 Å². The maximum atomic E-state index is 12.9. The molecule has 28 heavy (non-hydrogen) atoms. The second-order valence-electron chi connectivity index (χ2n) is 8.11. The van der Waals surface area contributed by atoms with Gasteiger partial charge in [0.2, 0.25) is 5.91 Å². The van der Waals surface area contributed by atoms with Gasteiger partial charge < -0.3 is 10.2 Å². The van der Waals surface area contributed by atoms with Crippen LogP contribution in [0.25, 0.3) is 0 Å². The Kier molecular flexibility index (Phi) is 3.99. The molecule has 6 nitrogen and oxygen atoms in total. The number of nitrogens with zero attached hydrogens (tertiary/aromatic N) is 1. The van der Waals surface area contributed by atoms with Crippen LogP contribution in [-0.4, -0.2) is 28.3 Å². The van der Waals surface area contributed by atoms with Crippen molar-refractivity contribution in [3.63, 3.8) is 0 Å². The van der Waals surface area contributed by atoms with Gasteiger partial charge in [0.25, 0.3) is 5.91 Å². The fourth-order valence-corrected chi connectivity index (χ4v) is 4.21. The van der Waals surface area contributed by atoms with E-state index in [1.54, 1.807) is 0 Å². The van der Waals surface area contributed by atoms with E-state index in [2.05, 4.69) is 10.6 Å². The van der Waals surface area contributed by atoms with Crippen LogP contribution in [0, 0.1) is 5.41 Å². The first-order chi connectivity index (χ1) is 13.0. The van der Waals surface area contributed by atoms with Crippen molar-refractivity contribution < 1.29 is 27.6 Å². The number of imide groups is 1. The number of hydrogen-bond acceptors (Lipinski definition) is 3. The molecule has 0 radical (unpaired) electrons. The van der Waals surface area contributed by atoms with Crippen LogP contribution in [0.5, 0.6) is 0 Å². The fraction of sp³-hybridized carbons (Fsp3) is 0.526. The third-order valence-corrected chi connectivity index (χ3v) is 6.29. The van der Waals surface area contributed by atoms with E-state index < -0.39 is 29.2 Å². The van der Waals surface area contributed by atoms with Crippen LogP contribution in [0.4, 0.5) is 18.0 Å². The van der Waals surface area contributed by atoms with Gasteiger partial charge in [0.05, 0.1) is 5.56 Å². The van der Waals surface area contributed by atoms with Crippen molar-refractivity contribution in [2.24, 2.45) is 5.41 Å². The molecule has 2 heterocycles. The number of rotatable bonds is 4. The van der Waals surface area contributed by atoms with E-state index in [9.17, 15) is 27.6 Å². The Bertz CT molecular complexity index is 879. The van der Waals surface area contributed by atoms with Gasteiger partial charge in [0.1, 0.15) is 5.54 Å². The third-order valence-electron chi connectivity index (χ3n) is 6.29. The van der Waals surface area contributed by atoms with Crippen molar-refractivity contribution in [2.45, 2.75) is 57.4 Å². The minimum Gasteiger partial charge on any atom is -0.334 e. The standard InChI is InChI=1S/C19H20F3N3O3/c1-17(6-7-17)18(15(27)23-16(28)24-18)5-4-14(26)25-9-11-2-3-13(19(20,21)22)8-12(11)10-25/h2-3,8H,4-7,9-10H2,1H3,(H2,23,24,27,28). The van der Waals surface area contributed by atoms with Crippen LogP contribution < -0.4 is 10.6 Å². The SMILES string of the molecule is CC1(C2(CCC(=O)N3Cc4ccc(C(F)(F)F)cc4C3)NC(=O)NC2=O)CC1. The molecule has 3 aliphatic rings. The molecular formula is C19H20F3N3O3. The van der Waals surface area contributed by atoms with Crippen LogP contribution in [-0.2, 0) is 28.9 Å². The Balaban J connectivity index is 1.45. The van der Waals surface area contributed by atoms with E-state index in [4.69, 9.17) is 0 Å². The largest absolute Gasteiger partial charge is 0.416 e. The van der Waals surface area contributed by atoms with E-state index in [0.717, 1.165) is 25.0 Å². The Labute approximate surface area is 159 Å². The summed E-state index contributed by atoms with van der Waals surface area (Å²) in [7, 11) is 0. The summed E-state index contributed by atoms with van der Waals surface area (Å²) < 4.78 is 38.6. The van der Waals surface area contributed by atoms with Crippen LogP contribution in [0.2, 0.25) is 0 Å². The van der Waals surface area contributed by atoms with E-state index in [1.165, 1.54) is 11.0 Å². The molecule has 1 aromatic carbocycles. The van der Waals surface area contributed by atoms with Gasteiger partial charge in [-0.15, -0.1) is 0 Å². The molecule has 1 unspecified atom stereocenters. The van der Waals surface area contributed by atoms with Gasteiger partial charge in [-0.3, -0.25) is 14.9 Å². The Morgan fingerprint density at radius 3 is 2.43 bits per heavy atom. The smallest absolute Gasteiger partial charge is 0.334 e. The first-order valence-corrected chi connectivity index (χ1v) is 9.14. The summed E-state index contributed by atoms with van der Waals surface area (Å²) in [5.41, 5.74) is -1.03. The number of halogens is 3. The minimum atomic E-state index is -4.42. The molecule has 150 valence electrons. The monoisotopic (exact) mass is 395 g/mol. The number of amides is 4. The summed E-state index contributed by atoms with van der Waals surface area (Å²) in [5.74, 6) is -0.660. The highest BCUT2D eigenvalue weighted by Gasteiger charge is 2.63. The number of urea groups is 1. The quantitative estimate of drug-likeness (QED) is 0.770. The van der Waals surface area contributed by atoms with Crippen molar-refractivity contribution >= 4 is 17.8 Å². The summed E-state index contributed by atoms with van der Waals surface area (Å²) in [6.07, 6.45) is -2.66. The van der Waals surface area contributed by atoms with Gasteiger partial charge in [0.15, 0.2) is 0 Å². The summed E-state index contributed by atoms with van der Waals surface area (Å²) in [6.45, 7) is 2.27. The van der Waals surface area contributed by atoms with Gasteiger partial charge in [-0.1, -0.05) is 13.0 Å². The predicted molar refractivity (Wildman–Crippen MR) is 91.7 cm³/mol. The molecular weight excluding hydrogens is 375 g/mol. The number of fused-ring (bicyclic) bond motifs is 1. The highest BCUT2D eigenvalue weighted by molar-refractivity contribution is 6.08. The highest BCUT2D eigenvalue weighted by atomic mass is 19.4. The maximum Gasteiger partial charge on any atom is 0.416 e. The Hall–Kier alpha value is -2.58. The van der Waals surface area contributed by atoms with Gasteiger partial charge in [0, 0.05) is 19.5 Å². The molecule has 0 aromatic heterocycles. The molecule has 2 fully saturated rings. The molecule has 0 spiro atoms. The van der Waals surface area contributed by atoms with Crippen molar-refractivity contribution in [3.8, 4) is 0 Å². The molecule has 4 rings (SSSR count). The molecule has 0 bridgehead atoms. The molecule has 1 atom stereocenters. The lowest BCUT2D eigenvalue weighted by atomic mass is 9.78. The number of hydrogen-bond donors (Lipinski definition) is 2. The minimum absolute atomic E-state index is 0.0312. The first-order valence-electron chi connectivity index (χ1n) is 9.14. The highest BCUT2D eigenvalue weighted by Crippen LogP contribution is 2.56. The summed E-state index contributed by atoms with van der Waals surface area (Å²) in [4.78, 5) is 38.3. The average molecular weight is 395 g/mol. The molecule has 1 aliphatic carbocycles. The molecule has 9 heteroatoms. The van der Waals surface area contributed by atoms with Crippen molar-refractivity contribution in [1.29, 1.82) is 0 Å². The zero-order valence-electron chi connectivity index (χ0n) is 15.3. The number of carbonyl (C=O) groups is 3. The Morgan fingerprint density at radius 1 is 1.18 bits per heavy atom. The van der Waals surface area contributed by atoms with Gasteiger partial charge in [-0.25, -0.2) is 4.79 Å². The lowest BCUT2D eigenvalue weighted by molar-refractivity contribution is -0.137. The van der Waals surface area contributed by atoms with Crippen LogP contribution in [0.15, 0.2) is 18.2 Å². The van der Waals surface area contributed by atoms with Crippen molar-refractivity contribution in [1.82, 2.24) is 15.5 Å². The molecule has 1 saturated heterocycles. The van der Waals surface area contributed by atoms with Crippen LogP contribution >= 0.6 is 0 Å². The summed E-state index contributed by atoms with van der Waals surface area (Å²) in [6, 6.07) is 2.95. The number of nitrogens with one attached hydrogen (secondary N) is 2. The first kappa shape index (κ1) is 18.8. The number of alkyl halides is 3. The van der Waals surface area contributed by atoms with Crippen LogP contribution in [0.1, 0.15) is 49.3 Å². The predicted octanol–water partition coefficient (Wildman–Crippen LogP) is 2.71. The maximum absolute atomic E-state index is 12.9. The zero-order chi connectivity index (χ0) is 20.3. The normalized spacial score (nSPS) is 25.4. The molecule has 4 amide bonds. The number of benzene rings is 1. The summed E-state index contributed by atoms with van der Waals surface area (Å²) in [5, 5.41) is 4.97. The lowest BCUT2D eigenvalue weighted by Crippen LogP contribution is -2.54. The third kappa shape index (κ3) is 2.93. The number of carbonyl (C=O) groups excluding carboxylic acids is 3. The van der Waals surface area contributed by atoms with Crippen molar-refractivity contribution in [3.05, 3.63) is 34.9 Å². The topological polar surface area (TPSA) is 78.5 Å². The fourth-order valence-electron chi connectivity index (χ4n) is 4.21. The van der Waals surface area contributed by atoms with E-state index >= 15 is 0 Å². The molecule has 2 aliphatic heterocycles. The Morgan fingerprint density at radius 2 is 1.86 bits per heavy atom. The van der Waals surface area contributed by atoms with E-state index in [0.29, 0.717) is 11.1 Å². The van der Waals surface area contributed by atoms with Gasteiger partial charge in [-0.05, 0) is 47.9 Å². The molecule has 2 N–H and O–H groups in total. The lowest BCUT2D eigenvalue weighted by Gasteiger charge is -2.33. The second-order valence-corrected chi connectivity index (χ2v) is 8.11. The van der Waals surface area contributed by atoms with Crippen LogP contribution in [0.3, 0.4) is 0 Å². The average Bonchev–Trinajstić information content (AvgIpc) is 3.11. The van der Waals surface area contributed by atoms with Crippen molar-refractivity contribution in [2.75, 3.05) is 0 Å². The second kappa shape index (κ2) is 5.96. The molecule has 1 saturated carbocycles. The summed E-state index contributed by atoms with van der Waals surface area (Å²) >= 11 is 0. The van der Waals surface area contributed by atoms with E-state index in [1.807, 2.05) is 6.92 Å². The molecule has 1 aromatic rings. The van der Waals surface area contributed by atoms with Gasteiger partial charge in [-0.2, -0.15) is 13.2 Å².